The molecule has 0 aromatic heterocycles. The number of fused-ring (bicyclic) bond motifs is 1. The van der Waals surface area contributed by atoms with Crippen LogP contribution in [-0.4, -0.2) is 5.91 Å². The molecule has 0 saturated heterocycles. The Bertz CT molecular complexity index is 478. The molecule has 0 heterocycles. The van der Waals surface area contributed by atoms with Crippen LogP contribution in [0.2, 0.25) is 0 Å². The van der Waals surface area contributed by atoms with Gasteiger partial charge in [-0.2, -0.15) is 0 Å². The molecule has 0 unspecified atom stereocenters. The van der Waals surface area contributed by atoms with Crippen LogP contribution in [0.1, 0.15) is 25.7 Å². The topological polar surface area (TPSA) is 29.1 Å². The van der Waals surface area contributed by atoms with Crippen molar-refractivity contribution in [3.05, 3.63) is 40.9 Å². The quantitative estimate of drug-likeness (QED) is 0.805. The Morgan fingerprint density at radius 2 is 1.63 bits per heavy atom. The summed E-state index contributed by atoms with van der Waals surface area (Å²) in [6, 6.07) is 7.78. The van der Waals surface area contributed by atoms with Crippen LogP contribution < -0.4 is 5.32 Å². The highest BCUT2D eigenvalue weighted by Gasteiger charge is 2.53. The lowest BCUT2D eigenvalue weighted by Gasteiger charge is -2.04. The molecule has 1 saturated carbocycles. The van der Waals surface area contributed by atoms with Crippen LogP contribution in [0, 0.1) is 17.8 Å². The minimum atomic E-state index is 0.208. The van der Waals surface area contributed by atoms with Gasteiger partial charge in [-0.05, 0) is 61.8 Å². The Hall–Kier alpha value is -1.09. The van der Waals surface area contributed by atoms with Gasteiger partial charge in [0.15, 0.2) is 0 Å². The van der Waals surface area contributed by atoms with Crippen molar-refractivity contribution in [2.45, 2.75) is 25.7 Å². The van der Waals surface area contributed by atoms with E-state index in [1.165, 1.54) is 12.8 Å². The van der Waals surface area contributed by atoms with Crippen LogP contribution in [0.4, 0.5) is 5.69 Å². The first-order valence-electron chi connectivity index (χ1n) is 6.97. The Morgan fingerprint density at radius 3 is 2.21 bits per heavy atom. The Kier molecular flexibility index (Phi) is 3.74. The molecule has 3 heteroatoms. The van der Waals surface area contributed by atoms with E-state index >= 15 is 0 Å². The number of nitrogens with one attached hydrogen (secondary N) is 1. The van der Waals surface area contributed by atoms with Gasteiger partial charge >= 0.3 is 0 Å². The van der Waals surface area contributed by atoms with Gasteiger partial charge in [0.1, 0.15) is 0 Å². The first kappa shape index (κ1) is 12.9. The largest absolute Gasteiger partial charge is 0.326 e. The number of allylic oxidation sites excluding steroid dienone is 2. The van der Waals surface area contributed by atoms with Crippen molar-refractivity contribution in [1.29, 1.82) is 0 Å². The molecule has 100 valence electrons. The summed E-state index contributed by atoms with van der Waals surface area (Å²) in [4.78, 5) is 12.3. The number of halogens is 1. The van der Waals surface area contributed by atoms with Crippen LogP contribution in [0.15, 0.2) is 40.9 Å². The standard InChI is InChI=1S/C16H18BrNO/c17-11-7-9-12(10-8-11)18-16(19)15-13-5-3-1-2-4-6-14(13)15/h1-2,7-10,13-15H,3-6H2,(H,18,19)/b2-1-/t13-,14-/m1/s1. The Balaban J connectivity index is 1.61. The highest BCUT2D eigenvalue weighted by atomic mass is 79.9. The molecule has 2 nitrogen and oxygen atoms in total. The van der Waals surface area contributed by atoms with E-state index in [1.54, 1.807) is 0 Å². The van der Waals surface area contributed by atoms with Gasteiger partial charge in [-0.25, -0.2) is 0 Å². The highest BCUT2D eigenvalue weighted by Crippen LogP contribution is 2.53. The third-order valence-electron chi connectivity index (χ3n) is 4.25. The number of hydrogen-bond acceptors (Lipinski definition) is 1. The van der Waals surface area contributed by atoms with Crippen LogP contribution in [0.25, 0.3) is 0 Å². The van der Waals surface area contributed by atoms with Gasteiger partial charge in [-0.3, -0.25) is 4.79 Å². The Labute approximate surface area is 122 Å². The maximum atomic E-state index is 12.3. The van der Waals surface area contributed by atoms with E-state index in [4.69, 9.17) is 0 Å². The van der Waals surface area contributed by atoms with Crippen molar-refractivity contribution in [2.24, 2.45) is 17.8 Å². The molecule has 1 amide bonds. The lowest BCUT2D eigenvalue weighted by molar-refractivity contribution is -0.117. The van der Waals surface area contributed by atoms with E-state index in [-0.39, 0.29) is 11.8 Å². The maximum absolute atomic E-state index is 12.3. The fraction of sp³-hybridized carbons (Fsp3) is 0.438. The lowest BCUT2D eigenvalue weighted by Crippen LogP contribution is -2.15. The molecular formula is C16H18BrNO. The van der Waals surface area contributed by atoms with Gasteiger partial charge in [0.2, 0.25) is 5.91 Å². The van der Waals surface area contributed by atoms with Crippen molar-refractivity contribution in [1.82, 2.24) is 0 Å². The SMILES string of the molecule is O=C(Nc1ccc(Br)cc1)C1[C@@H]2CC/C=C\CC[C@@H]12. The first-order chi connectivity index (χ1) is 9.25. The van der Waals surface area contributed by atoms with Gasteiger partial charge in [-0.1, -0.05) is 28.1 Å². The average Bonchev–Trinajstić information content (AvgIpc) is 3.03. The number of carbonyl (C=O) groups excluding carboxylic acids is 1. The second-order valence-electron chi connectivity index (χ2n) is 5.48. The minimum absolute atomic E-state index is 0.208. The molecule has 3 rings (SSSR count). The zero-order chi connectivity index (χ0) is 13.2. The number of hydrogen-bond donors (Lipinski definition) is 1. The van der Waals surface area contributed by atoms with E-state index in [0.717, 1.165) is 23.0 Å². The van der Waals surface area contributed by atoms with E-state index in [2.05, 4.69) is 33.4 Å². The molecule has 0 bridgehead atoms. The average molecular weight is 320 g/mol. The number of anilines is 1. The van der Waals surface area contributed by atoms with Crippen molar-refractivity contribution >= 4 is 27.5 Å². The van der Waals surface area contributed by atoms with Gasteiger partial charge in [0, 0.05) is 16.1 Å². The lowest BCUT2D eigenvalue weighted by atomic mass is 10.1. The summed E-state index contributed by atoms with van der Waals surface area (Å²) >= 11 is 3.40. The first-order valence-corrected chi connectivity index (χ1v) is 7.76. The van der Waals surface area contributed by atoms with E-state index in [9.17, 15) is 4.79 Å². The molecule has 0 aliphatic heterocycles. The van der Waals surface area contributed by atoms with E-state index < -0.39 is 0 Å². The smallest absolute Gasteiger partial charge is 0.228 e. The molecule has 0 radical (unpaired) electrons. The molecular weight excluding hydrogens is 302 g/mol. The normalized spacial score (nSPS) is 30.7. The van der Waals surface area contributed by atoms with Crippen molar-refractivity contribution in [3.63, 3.8) is 0 Å². The van der Waals surface area contributed by atoms with E-state index in [1.807, 2.05) is 24.3 Å². The summed E-state index contributed by atoms with van der Waals surface area (Å²) in [6.07, 6.45) is 9.11. The molecule has 1 aromatic carbocycles. The van der Waals surface area contributed by atoms with Crippen molar-refractivity contribution < 1.29 is 4.79 Å². The monoisotopic (exact) mass is 319 g/mol. The van der Waals surface area contributed by atoms with Gasteiger partial charge < -0.3 is 5.32 Å². The number of carbonyl (C=O) groups is 1. The molecule has 1 aromatic rings. The zero-order valence-electron chi connectivity index (χ0n) is 10.8. The molecule has 2 atom stereocenters. The third-order valence-corrected chi connectivity index (χ3v) is 4.77. The second-order valence-corrected chi connectivity index (χ2v) is 6.39. The fourth-order valence-corrected chi connectivity index (χ4v) is 3.46. The number of amides is 1. The van der Waals surface area contributed by atoms with Gasteiger partial charge in [0.25, 0.3) is 0 Å². The summed E-state index contributed by atoms with van der Waals surface area (Å²) < 4.78 is 1.03. The van der Waals surface area contributed by atoms with Crippen molar-refractivity contribution in [3.8, 4) is 0 Å². The molecule has 19 heavy (non-hydrogen) atoms. The fourth-order valence-electron chi connectivity index (χ4n) is 3.19. The van der Waals surface area contributed by atoms with Crippen LogP contribution in [0.3, 0.4) is 0 Å². The molecule has 0 spiro atoms. The summed E-state index contributed by atoms with van der Waals surface area (Å²) in [7, 11) is 0. The zero-order valence-corrected chi connectivity index (χ0v) is 12.4. The highest BCUT2D eigenvalue weighted by molar-refractivity contribution is 9.10. The number of benzene rings is 1. The van der Waals surface area contributed by atoms with Crippen LogP contribution in [0.5, 0.6) is 0 Å². The van der Waals surface area contributed by atoms with Gasteiger partial charge in [-0.15, -0.1) is 0 Å². The Morgan fingerprint density at radius 1 is 1.05 bits per heavy atom. The third kappa shape index (κ3) is 2.92. The minimum Gasteiger partial charge on any atom is -0.326 e. The van der Waals surface area contributed by atoms with Crippen LogP contribution in [-0.2, 0) is 4.79 Å². The van der Waals surface area contributed by atoms with E-state index in [0.29, 0.717) is 11.8 Å². The molecule has 2 aliphatic carbocycles. The predicted octanol–water partition coefficient (Wildman–Crippen LogP) is 4.38. The summed E-state index contributed by atoms with van der Waals surface area (Å²) in [5, 5.41) is 3.05. The second kappa shape index (κ2) is 5.49. The molecule has 1 N–H and O–H groups in total. The van der Waals surface area contributed by atoms with Gasteiger partial charge in [0.05, 0.1) is 0 Å². The summed E-state index contributed by atoms with van der Waals surface area (Å²) in [6.45, 7) is 0. The van der Waals surface area contributed by atoms with Crippen molar-refractivity contribution in [2.75, 3.05) is 5.32 Å². The maximum Gasteiger partial charge on any atom is 0.228 e. The molecule has 1 fully saturated rings. The summed E-state index contributed by atoms with van der Waals surface area (Å²) in [5.74, 6) is 1.67. The molecule has 2 aliphatic rings. The summed E-state index contributed by atoms with van der Waals surface area (Å²) in [5.41, 5.74) is 0.894. The van der Waals surface area contributed by atoms with Crippen LogP contribution >= 0.6 is 15.9 Å². The number of rotatable bonds is 2. The predicted molar refractivity (Wildman–Crippen MR) is 80.8 cm³/mol.